The normalized spacial score (nSPS) is 14.8. The largest absolute Gasteiger partial charge is 0.465 e. The third kappa shape index (κ3) is 3.90. The van der Waals surface area contributed by atoms with E-state index in [9.17, 15) is 14.0 Å². The summed E-state index contributed by atoms with van der Waals surface area (Å²) < 4.78 is 12.1. The van der Waals surface area contributed by atoms with E-state index < -0.39 is 18.8 Å². The molecule has 0 aliphatic rings. The van der Waals surface area contributed by atoms with Crippen LogP contribution in [0.5, 0.6) is 0 Å². The number of aldehydes is 1. The van der Waals surface area contributed by atoms with Crippen molar-refractivity contribution < 1.29 is 19.1 Å². The molecule has 0 aromatic carbocycles. The smallest absolute Gasteiger partial charge is 0.404 e. The Balaban J connectivity index is 3.94. The first-order chi connectivity index (χ1) is 5.61. The Morgan fingerprint density at radius 2 is 2.33 bits per heavy atom. The Bertz CT molecular complexity index is 163. The Morgan fingerprint density at radius 1 is 1.75 bits per heavy atom. The molecule has 1 amide bonds. The highest BCUT2D eigenvalue weighted by atomic mass is 19.1. The summed E-state index contributed by atoms with van der Waals surface area (Å²) in [6.07, 6.45) is -0.457. The lowest BCUT2D eigenvalue weighted by atomic mass is 10.0. The molecule has 0 unspecified atom stereocenters. The van der Waals surface area contributed by atoms with Gasteiger partial charge in [0.25, 0.3) is 0 Å². The van der Waals surface area contributed by atoms with Gasteiger partial charge in [-0.05, 0) is 5.92 Å². The van der Waals surface area contributed by atoms with Crippen molar-refractivity contribution in [2.75, 3.05) is 6.67 Å². The number of carbonyl (C=O) groups excluding carboxylic acids is 1. The molecule has 0 spiro atoms. The minimum atomic E-state index is -1.27. The molecule has 0 saturated heterocycles. The van der Waals surface area contributed by atoms with Gasteiger partial charge in [-0.3, -0.25) is 0 Å². The number of amides is 1. The van der Waals surface area contributed by atoms with Gasteiger partial charge >= 0.3 is 6.09 Å². The van der Waals surface area contributed by atoms with Gasteiger partial charge in [0.05, 0.1) is 6.04 Å². The maximum Gasteiger partial charge on any atom is 0.404 e. The second kappa shape index (κ2) is 5.51. The first-order valence-electron chi connectivity index (χ1n) is 3.60. The zero-order valence-corrected chi connectivity index (χ0v) is 6.79. The van der Waals surface area contributed by atoms with Gasteiger partial charge in [0, 0.05) is 6.42 Å². The Labute approximate surface area is 69.8 Å². The van der Waals surface area contributed by atoms with Crippen molar-refractivity contribution in [2.24, 2.45) is 5.92 Å². The topological polar surface area (TPSA) is 66.4 Å². The third-order valence-electron chi connectivity index (χ3n) is 1.63. The molecule has 0 bridgehead atoms. The molecule has 0 aliphatic carbocycles. The van der Waals surface area contributed by atoms with Crippen LogP contribution in [0.4, 0.5) is 9.18 Å². The Hall–Kier alpha value is -1.13. The predicted molar refractivity (Wildman–Crippen MR) is 40.8 cm³/mol. The monoisotopic (exact) mass is 177 g/mol. The number of hydrogen-bond acceptors (Lipinski definition) is 2. The van der Waals surface area contributed by atoms with E-state index in [0.717, 1.165) is 0 Å². The van der Waals surface area contributed by atoms with E-state index >= 15 is 0 Å². The lowest BCUT2D eigenvalue weighted by molar-refractivity contribution is -0.108. The average Bonchev–Trinajstić information content (AvgIpc) is 2.00. The summed E-state index contributed by atoms with van der Waals surface area (Å²) >= 11 is 0. The number of hydrogen-bond donors (Lipinski definition) is 2. The fourth-order valence-corrected chi connectivity index (χ4v) is 0.808. The van der Waals surface area contributed by atoms with Crippen LogP contribution < -0.4 is 5.32 Å². The van der Waals surface area contributed by atoms with E-state index in [1.54, 1.807) is 6.92 Å². The Kier molecular flexibility index (Phi) is 4.99. The molecule has 0 aliphatic heterocycles. The van der Waals surface area contributed by atoms with Gasteiger partial charge in [-0.2, -0.15) is 0 Å². The molecule has 0 rings (SSSR count). The van der Waals surface area contributed by atoms with E-state index in [-0.39, 0.29) is 12.3 Å². The van der Waals surface area contributed by atoms with Crippen LogP contribution >= 0.6 is 0 Å². The zero-order valence-electron chi connectivity index (χ0n) is 6.79. The lowest BCUT2D eigenvalue weighted by Gasteiger charge is -2.18. The first kappa shape index (κ1) is 10.9. The summed E-state index contributed by atoms with van der Waals surface area (Å²) in [5, 5.41) is 10.3. The second-order valence-corrected chi connectivity index (χ2v) is 2.59. The molecule has 0 aromatic heterocycles. The highest BCUT2D eigenvalue weighted by Gasteiger charge is 2.18. The summed E-state index contributed by atoms with van der Waals surface area (Å²) in [6.45, 7) is 0.829. The maximum absolute atomic E-state index is 12.1. The molecule has 4 nitrogen and oxygen atoms in total. The van der Waals surface area contributed by atoms with Crippen molar-refractivity contribution in [1.82, 2.24) is 5.32 Å². The highest BCUT2D eigenvalue weighted by molar-refractivity contribution is 5.65. The number of carboxylic acid groups (broad SMARTS) is 1. The minimum Gasteiger partial charge on any atom is -0.465 e. The summed E-state index contributed by atoms with van der Waals surface area (Å²) in [6, 6.07) is -0.785. The first-order valence-corrected chi connectivity index (χ1v) is 3.60. The molecule has 70 valence electrons. The molecule has 5 heteroatoms. The van der Waals surface area contributed by atoms with Gasteiger partial charge in [-0.1, -0.05) is 6.92 Å². The zero-order chi connectivity index (χ0) is 9.56. The molecule has 0 radical (unpaired) electrons. The standard InChI is InChI=1S/C7H12FNO3/c1-5(2-3-10)6(4-8)9-7(11)12/h3,5-6,9H,2,4H2,1H3,(H,11,12)/t5-,6+/m0/s1. The van der Waals surface area contributed by atoms with E-state index in [1.165, 1.54) is 0 Å². The fraction of sp³-hybridized carbons (Fsp3) is 0.714. The molecule has 0 aromatic rings. The molecule has 12 heavy (non-hydrogen) atoms. The summed E-state index contributed by atoms with van der Waals surface area (Å²) in [4.78, 5) is 20.1. The lowest BCUT2D eigenvalue weighted by Crippen LogP contribution is -2.40. The quantitative estimate of drug-likeness (QED) is 0.611. The van der Waals surface area contributed by atoms with Gasteiger partial charge in [0.2, 0.25) is 0 Å². The molecular formula is C7H12FNO3. The van der Waals surface area contributed by atoms with Crippen LogP contribution in [0.2, 0.25) is 0 Å². The summed E-state index contributed by atoms with van der Waals surface area (Å²) in [5.74, 6) is -0.302. The fourth-order valence-electron chi connectivity index (χ4n) is 0.808. The summed E-state index contributed by atoms with van der Waals surface area (Å²) in [7, 11) is 0. The van der Waals surface area contributed by atoms with Crippen molar-refractivity contribution in [3.05, 3.63) is 0 Å². The predicted octanol–water partition coefficient (Wildman–Crippen LogP) is 0.817. The number of alkyl halides is 1. The molecule has 2 N–H and O–H groups in total. The Morgan fingerprint density at radius 3 is 2.67 bits per heavy atom. The molecule has 0 heterocycles. The van der Waals surface area contributed by atoms with Crippen LogP contribution in [-0.2, 0) is 4.79 Å². The average molecular weight is 177 g/mol. The van der Waals surface area contributed by atoms with Crippen molar-refractivity contribution in [1.29, 1.82) is 0 Å². The molecule has 0 fully saturated rings. The summed E-state index contributed by atoms with van der Waals surface area (Å²) in [5.41, 5.74) is 0. The number of rotatable bonds is 5. The van der Waals surface area contributed by atoms with Crippen LogP contribution in [0.1, 0.15) is 13.3 Å². The van der Waals surface area contributed by atoms with Crippen LogP contribution in [0.25, 0.3) is 0 Å². The van der Waals surface area contributed by atoms with Crippen molar-refractivity contribution >= 4 is 12.4 Å². The molecular weight excluding hydrogens is 165 g/mol. The van der Waals surface area contributed by atoms with Crippen molar-refractivity contribution in [3.8, 4) is 0 Å². The number of nitrogens with one attached hydrogen (secondary N) is 1. The van der Waals surface area contributed by atoms with Gasteiger partial charge in [-0.15, -0.1) is 0 Å². The van der Waals surface area contributed by atoms with E-state index in [0.29, 0.717) is 6.29 Å². The maximum atomic E-state index is 12.1. The molecule has 0 saturated carbocycles. The van der Waals surface area contributed by atoms with Gasteiger partial charge in [0.1, 0.15) is 13.0 Å². The second-order valence-electron chi connectivity index (χ2n) is 2.59. The number of carbonyl (C=O) groups is 2. The van der Waals surface area contributed by atoms with Crippen LogP contribution in [0.3, 0.4) is 0 Å². The van der Waals surface area contributed by atoms with Crippen LogP contribution in [0.15, 0.2) is 0 Å². The van der Waals surface area contributed by atoms with Crippen molar-refractivity contribution in [2.45, 2.75) is 19.4 Å². The highest BCUT2D eigenvalue weighted by Crippen LogP contribution is 2.06. The van der Waals surface area contributed by atoms with E-state index in [2.05, 4.69) is 0 Å². The van der Waals surface area contributed by atoms with Crippen molar-refractivity contribution in [3.63, 3.8) is 0 Å². The van der Waals surface area contributed by atoms with Crippen LogP contribution in [-0.4, -0.2) is 30.2 Å². The van der Waals surface area contributed by atoms with Gasteiger partial charge < -0.3 is 15.2 Å². The van der Waals surface area contributed by atoms with E-state index in [1.807, 2.05) is 5.32 Å². The van der Waals surface area contributed by atoms with Gasteiger partial charge in [-0.25, -0.2) is 9.18 Å². The van der Waals surface area contributed by atoms with Crippen LogP contribution in [0, 0.1) is 5.92 Å². The third-order valence-corrected chi connectivity index (χ3v) is 1.63. The minimum absolute atomic E-state index is 0.162. The molecule has 2 atom stereocenters. The number of halogens is 1. The van der Waals surface area contributed by atoms with E-state index in [4.69, 9.17) is 5.11 Å². The SMILES string of the molecule is C[C@@H](CC=O)[C@@H](CF)NC(=O)O. The van der Waals surface area contributed by atoms with Gasteiger partial charge in [0.15, 0.2) is 0 Å².